The van der Waals surface area contributed by atoms with E-state index < -0.39 is 0 Å². The van der Waals surface area contributed by atoms with Crippen molar-refractivity contribution in [1.82, 2.24) is 0 Å². The molecule has 0 heteroatoms. The Morgan fingerprint density at radius 1 is 0.533 bits per heavy atom. The van der Waals surface area contributed by atoms with Gasteiger partial charge in [0.15, 0.2) is 0 Å². The van der Waals surface area contributed by atoms with E-state index in [4.69, 9.17) is 0 Å². The summed E-state index contributed by atoms with van der Waals surface area (Å²) in [5.41, 5.74) is 19.4. The summed E-state index contributed by atoms with van der Waals surface area (Å²) in [6, 6.07) is 23.4. The number of hydrogen-bond acceptors (Lipinski definition) is 0. The van der Waals surface area contributed by atoms with Crippen LogP contribution in [0.2, 0.25) is 0 Å². The topological polar surface area (TPSA) is 0 Å². The van der Waals surface area contributed by atoms with Crippen molar-refractivity contribution in [3.05, 3.63) is 129 Å². The monoisotopic (exact) mass is 590 g/mol. The first-order valence-corrected chi connectivity index (χ1v) is 17.0. The van der Waals surface area contributed by atoms with E-state index in [1.165, 1.54) is 88.7 Å². The fraction of sp³-hybridized carbons (Fsp3) is 0.333. The molecule has 0 unspecified atom stereocenters. The van der Waals surface area contributed by atoms with Crippen LogP contribution in [-0.2, 0) is 0 Å². The fourth-order valence-electron chi connectivity index (χ4n) is 8.23. The second kappa shape index (κ2) is 11.2. The van der Waals surface area contributed by atoms with Crippen LogP contribution in [0.4, 0.5) is 0 Å². The first-order chi connectivity index (χ1) is 21.3. The smallest absolute Gasteiger partial charge is 0.0171 e. The highest BCUT2D eigenvalue weighted by Crippen LogP contribution is 2.67. The van der Waals surface area contributed by atoms with Gasteiger partial charge in [0.1, 0.15) is 0 Å². The Balaban J connectivity index is 1.86. The average molecular weight is 591 g/mol. The highest BCUT2D eigenvalue weighted by atomic mass is 14.5. The Labute approximate surface area is 272 Å². The van der Waals surface area contributed by atoms with E-state index in [2.05, 4.69) is 143 Å². The highest BCUT2D eigenvalue weighted by Gasteiger charge is 2.47. The molecule has 6 rings (SSSR count). The molecule has 0 aromatic heterocycles. The second-order valence-corrected chi connectivity index (χ2v) is 15.0. The third kappa shape index (κ3) is 4.63. The molecule has 0 saturated heterocycles. The first-order valence-electron chi connectivity index (χ1n) is 17.0. The summed E-state index contributed by atoms with van der Waals surface area (Å²) >= 11 is 0. The van der Waals surface area contributed by atoms with Crippen LogP contribution in [0, 0.1) is 5.41 Å². The molecule has 0 amide bonds. The van der Waals surface area contributed by atoms with Gasteiger partial charge in [0.2, 0.25) is 0 Å². The van der Waals surface area contributed by atoms with Gasteiger partial charge in [-0.1, -0.05) is 155 Å². The minimum atomic E-state index is -0.244. The fourth-order valence-corrected chi connectivity index (χ4v) is 8.23. The summed E-state index contributed by atoms with van der Waals surface area (Å²) < 4.78 is 0. The van der Waals surface area contributed by atoms with Crippen LogP contribution < -0.4 is 0 Å². The molecule has 0 aliphatic heterocycles. The van der Waals surface area contributed by atoms with Crippen molar-refractivity contribution < 1.29 is 0 Å². The van der Waals surface area contributed by atoms with Crippen molar-refractivity contribution in [3.8, 4) is 0 Å². The lowest BCUT2D eigenvalue weighted by Gasteiger charge is -2.35. The van der Waals surface area contributed by atoms with Crippen LogP contribution in [-0.4, -0.2) is 0 Å². The molecule has 2 aliphatic carbocycles. The summed E-state index contributed by atoms with van der Waals surface area (Å²) in [5, 5.41) is 2.72. The van der Waals surface area contributed by atoms with Gasteiger partial charge in [0, 0.05) is 5.41 Å². The van der Waals surface area contributed by atoms with Gasteiger partial charge in [-0.15, -0.1) is 0 Å². The van der Waals surface area contributed by atoms with E-state index in [0.717, 1.165) is 0 Å². The van der Waals surface area contributed by atoms with E-state index in [1.54, 1.807) is 0 Å². The number of hydrogen-bond donors (Lipinski definition) is 0. The summed E-state index contributed by atoms with van der Waals surface area (Å²) in [6.45, 7) is 32.2. The van der Waals surface area contributed by atoms with Crippen LogP contribution >= 0.6 is 0 Å². The molecule has 0 radical (unpaired) electrons. The predicted octanol–water partition coefficient (Wildman–Crippen LogP) is 13.5. The molecule has 0 nitrogen and oxygen atoms in total. The molecule has 230 valence electrons. The van der Waals surface area contributed by atoms with Gasteiger partial charge >= 0.3 is 0 Å². The zero-order chi connectivity index (χ0) is 32.5. The van der Waals surface area contributed by atoms with Crippen molar-refractivity contribution in [2.45, 2.75) is 92.9 Å². The maximum atomic E-state index is 4.18. The van der Waals surface area contributed by atoms with Gasteiger partial charge in [-0.25, -0.2) is 0 Å². The Kier molecular flexibility index (Phi) is 7.72. The Morgan fingerprint density at radius 2 is 0.867 bits per heavy atom. The number of rotatable bonds is 8. The van der Waals surface area contributed by atoms with Gasteiger partial charge in [-0.3, -0.25) is 0 Å². The van der Waals surface area contributed by atoms with Crippen LogP contribution in [0.1, 0.15) is 149 Å². The molecule has 0 atom stereocenters. The quantitative estimate of drug-likeness (QED) is 0.191. The Morgan fingerprint density at radius 3 is 1.16 bits per heavy atom. The molecular weight excluding hydrogens is 540 g/mol. The largest absolute Gasteiger partial charge is 0.0985 e. The van der Waals surface area contributed by atoms with Crippen molar-refractivity contribution >= 4 is 45.2 Å². The Hall–Kier alpha value is -3.90. The van der Waals surface area contributed by atoms with E-state index in [1.807, 2.05) is 12.2 Å². The van der Waals surface area contributed by atoms with E-state index in [-0.39, 0.29) is 5.41 Å². The lowest BCUT2D eigenvalue weighted by molar-refractivity contribution is 0.670. The van der Waals surface area contributed by atoms with Gasteiger partial charge in [-0.2, -0.15) is 0 Å². The average Bonchev–Trinajstić information content (AvgIpc) is 3.43. The normalized spacial score (nSPS) is 15.4. The lowest BCUT2D eigenvalue weighted by Crippen LogP contribution is -2.20. The van der Waals surface area contributed by atoms with Gasteiger partial charge in [-0.05, 0) is 112 Å². The van der Waals surface area contributed by atoms with Crippen LogP contribution in [0.5, 0.6) is 0 Å². The number of allylic oxidation sites excluding steroid dienone is 4. The van der Waals surface area contributed by atoms with Crippen LogP contribution in [0.25, 0.3) is 45.2 Å². The summed E-state index contributed by atoms with van der Waals surface area (Å²) in [4.78, 5) is 0. The summed E-state index contributed by atoms with van der Waals surface area (Å²) in [6.07, 6.45) is 4.04. The van der Waals surface area contributed by atoms with Crippen molar-refractivity contribution in [3.63, 3.8) is 0 Å². The highest BCUT2D eigenvalue weighted by molar-refractivity contribution is 6.37. The van der Waals surface area contributed by atoms with Gasteiger partial charge < -0.3 is 0 Å². The molecular formula is C45H50. The van der Waals surface area contributed by atoms with E-state index >= 15 is 0 Å². The molecule has 0 fully saturated rings. The molecule has 4 aromatic rings. The third-order valence-corrected chi connectivity index (χ3v) is 10.3. The molecule has 2 aliphatic rings. The zero-order valence-electron chi connectivity index (χ0n) is 29.2. The van der Waals surface area contributed by atoms with Crippen molar-refractivity contribution in [1.29, 1.82) is 0 Å². The lowest BCUT2D eigenvalue weighted by atomic mass is 9.68. The minimum absolute atomic E-state index is 0.244. The molecule has 45 heavy (non-hydrogen) atoms. The first kappa shape index (κ1) is 31.1. The van der Waals surface area contributed by atoms with Gasteiger partial charge in [0.05, 0.1) is 0 Å². The maximum absolute atomic E-state index is 4.18. The molecule has 0 N–H and O–H groups in total. The van der Waals surface area contributed by atoms with Crippen LogP contribution in [0.15, 0.2) is 73.8 Å². The number of fused-ring (bicyclic) bond motifs is 3. The maximum Gasteiger partial charge on any atom is 0.0171 e. The summed E-state index contributed by atoms with van der Waals surface area (Å²) in [5.74, 6) is 1.49. The van der Waals surface area contributed by atoms with Crippen LogP contribution in [0.3, 0.4) is 0 Å². The summed E-state index contributed by atoms with van der Waals surface area (Å²) in [7, 11) is 0. The Bertz CT molecular complexity index is 1750. The minimum Gasteiger partial charge on any atom is -0.0985 e. The van der Waals surface area contributed by atoms with Gasteiger partial charge in [0.25, 0.3) is 0 Å². The molecule has 4 aromatic carbocycles. The third-order valence-electron chi connectivity index (χ3n) is 10.3. The van der Waals surface area contributed by atoms with Crippen molar-refractivity contribution in [2.24, 2.45) is 5.41 Å². The zero-order valence-corrected chi connectivity index (χ0v) is 29.2. The predicted molar refractivity (Wildman–Crippen MR) is 201 cm³/mol. The number of benzene rings is 4. The molecule has 0 heterocycles. The molecule has 0 bridgehead atoms. The SMILES string of the molecule is C=Cc1cc(C(C)C)c(C2=C3C(=C(c4c(C(C)C)cc(C=C)cc4C(C)C)C2(C)C)c2cccc4cccc3c24)c(C(C)C)c1. The molecule has 0 saturated carbocycles. The molecule has 0 spiro atoms. The van der Waals surface area contributed by atoms with E-state index in [9.17, 15) is 0 Å². The van der Waals surface area contributed by atoms with Crippen molar-refractivity contribution in [2.75, 3.05) is 0 Å². The van der Waals surface area contributed by atoms with E-state index in [0.29, 0.717) is 23.7 Å². The second-order valence-electron chi connectivity index (χ2n) is 15.0. The standard InChI is InChI=1S/C45H50/c1-13-29-21-34(25(3)4)39(35(22-29)26(5)6)43-41-32-19-15-17-31-18-16-20-33(38(31)32)42(41)44(45(43,11)12)40-36(27(7)8)23-30(14-2)24-37(40)28(9)10/h13-28H,1-2H2,3-12H3.